The Morgan fingerprint density at radius 1 is 1.05 bits per heavy atom. The lowest BCUT2D eigenvalue weighted by molar-refractivity contribution is -0.00440. The lowest BCUT2D eigenvalue weighted by Gasteiger charge is -2.31. The number of ether oxygens (including phenoxy) is 2. The number of rotatable bonds is 11. The van der Waals surface area contributed by atoms with Crippen LogP contribution in [0.4, 0.5) is 0 Å². The molecule has 1 aliphatic carbocycles. The summed E-state index contributed by atoms with van der Waals surface area (Å²) in [7, 11) is 1.39. The van der Waals surface area contributed by atoms with Gasteiger partial charge in [-0.3, -0.25) is 0 Å². The van der Waals surface area contributed by atoms with Gasteiger partial charge in [0.25, 0.3) is 0 Å². The van der Waals surface area contributed by atoms with Gasteiger partial charge in [0.2, 0.25) is 0 Å². The van der Waals surface area contributed by atoms with Gasteiger partial charge < -0.3 is 19.9 Å². The normalized spacial score (nSPS) is 15.2. The van der Waals surface area contributed by atoms with E-state index in [0.29, 0.717) is 18.0 Å². The number of aryl methyl sites for hydroxylation is 1. The SMILES string of the molecule is COC(=O)c1ccc(-c2ccccc2[C@@H](C)OC[C@H](O)CNC(C)(C)CC2Cc3ccccc3C2)cc1C. The van der Waals surface area contributed by atoms with Gasteiger partial charge >= 0.3 is 5.97 Å². The van der Waals surface area contributed by atoms with Crippen molar-refractivity contribution >= 4 is 5.97 Å². The molecule has 0 spiro atoms. The van der Waals surface area contributed by atoms with Crippen molar-refractivity contribution in [3.63, 3.8) is 0 Å². The van der Waals surface area contributed by atoms with Gasteiger partial charge in [0.15, 0.2) is 0 Å². The van der Waals surface area contributed by atoms with Crippen LogP contribution in [0.5, 0.6) is 0 Å². The number of benzene rings is 3. The van der Waals surface area contributed by atoms with Crippen LogP contribution in [-0.4, -0.2) is 43.0 Å². The van der Waals surface area contributed by atoms with E-state index in [4.69, 9.17) is 9.47 Å². The Bertz CT molecular complexity index is 1230. The van der Waals surface area contributed by atoms with Gasteiger partial charge in [0, 0.05) is 12.1 Å². The maximum absolute atomic E-state index is 12.0. The summed E-state index contributed by atoms with van der Waals surface area (Å²) < 4.78 is 11.0. The van der Waals surface area contributed by atoms with E-state index in [0.717, 1.165) is 41.5 Å². The number of aliphatic hydroxyl groups excluding tert-OH is 1. The number of esters is 1. The molecule has 0 bridgehead atoms. The number of hydrogen-bond acceptors (Lipinski definition) is 5. The monoisotopic (exact) mass is 515 g/mol. The van der Waals surface area contributed by atoms with Crippen molar-refractivity contribution in [1.82, 2.24) is 5.32 Å². The predicted octanol–water partition coefficient (Wildman–Crippen LogP) is 6.06. The van der Waals surface area contributed by atoms with Crippen LogP contribution in [0.3, 0.4) is 0 Å². The first kappa shape index (κ1) is 28.0. The maximum atomic E-state index is 12.0. The highest BCUT2D eigenvalue weighted by Crippen LogP contribution is 2.33. The Labute approximate surface area is 227 Å². The zero-order valence-electron chi connectivity index (χ0n) is 23.3. The Morgan fingerprint density at radius 2 is 1.71 bits per heavy atom. The number of carbonyl (C=O) groups excluding carboxylic acids is 1. The van der Waals surface area contributed by atoms with Crippen molar-refractivity contribution < 1.29 is 19.4 Å². The molecular formula is C33H41NO4. The molecule has 0 saturated carbocycles. The molecule has 1 aliphatic rings. The fraction of sp³-hybridized carbons (Fsp3) is 0.424. The van der Waals surface area contributed by atoms with Gasteiger partial charge in [-0.1, -0.05) is 60.7 Å². The van der Waals surface area contributed by atoms with Crippen LogP contribution in [0.2, 0.25) is 0 Å². The third-order valence-corrected chi connectivity index (χ3v) is 7.63. The largest absolute Gasteiger partial charge is 0.465 e. The summed E-state index contributed by atoms with van der Waals surface area (Å²) in [5.74, 6) is 0.295. The second kappa shape index (κ2) is 12.2. The summed E-state index contributed by atoms with van der Waals surface area (Å²) in [6.07, 6.45) is 2.52. The Morgan fingerprint density at radius 3 is 2.37 bits per heavy atom. The van der Waals surface area contributed by atoms with Crippen molar-refractivity contribution in [3.8, 4) is 11.1 Å². The maximum Gasteiger partial charge on any atom is 0.338 e. The summed E-state index contributed by atoms with van der Waals surface area (Å²) in [6, 6.07) is 22.6. The van der Waals surface area contributed by atoms with Crippen molar-refractivity contribution in [3.05, 3.63) is 94.5 Å². The van der Waals surface area contributed by atoms with Gasteiger partial charge in [0.05, 0.1) is 31.5 Å². The molecule has 4 rings (SSSR count). The van der Waals surface area contributed by atoms with E-state index >= 15 is 0 Å². The molecule has 38 heavy (non-hydrogen) atoms. The number of aliphatic hydroxyl groups is 1. The molecule has 0 radical (unpaired) electrons. The van der Waals surface area contributed by atoms with E-state index in [2.05, 4.69) is 55.6 Å². The molecule has 0 aromatic heterocycles. The molecule has 3 aromatic carbocycles. The van der Waals surface area contributed by atoms with Crippen LogP contribution in [-0.2, 0) is 22.3 Å². The van der Waals surface area contributed by atoms with Crippen LogP contribution in [0.15, 0.2) is 66.7 Å². The fourth-order valence-electron chi connectivity index (χ4n) is 5.67. The smallest absolute Gasteiger partial charge is 0.338 e. The van der Waals surface area contributed by atoms with Gasteiger partial charge in [-0.05, 0) is 92.3 Å². The number of β-amino-alcohol motifs (C(OH)–C–C–N with tert-alkyl or cyclic N) is 1. The molecular weight excluding hydrogens is 474 g/mol. The molecule has 0 aliphatic heterocycles. The van der Waals surface area contributed by atoms with Crippen molar-refractivity contribution in [1.29, 1.82) is 0 Å². The van der Waals surface area contributed by atoms with Crippen LogP contribution in [0.1, 0.15) is 65.9 Å². The average molecular weight is 516 g/mol. The standard InChI is InChI=1S/C33H41NO4/c1-22-16-27(14-15-29(22)32(36)37-5)31-13-9-8-12-30(31)23(2)38-21-28(35)20-34-33(3,4)19-24-17-25-10-6-7-11-26(25)18-24/h6-16,23-24,28,34-35H,17-21H2,1-5H3/t23-,28-/m1/s1. The molecule has 0 unspecified atom stereocenters. The summed E-state index contributed by atoms with van der Waals surface area (Å²) in [5, 5.41) is 14.3. The Balaban J connectivity index is 1.31. The van der Waals surface area contributed by atoms with E-state index in [1.165, 1.54) is 18.2 Å². The molecule has 202 valence electrons. The number of methoxy groups -OCH3 is 1. The van der Waals surface area contributed by atoms with Crippen molar-refractivity contribution in [2.75, 3.05) is 20.3 Å². The third-order valence-electron chi connectivity index (χ3n) is 7.63. The molecule has 0 amide bonds. The number of hydrogen-bond donors (Lipinski definition) is 2. The minimum atomic E-state index is -0.605. The van der Waals surface area contributed by atoms with E-state index in [1.807, 2.05) is 38.1 Å². The first-order chi connectivity index (χ1) is 18.2. The summed E-state index contributed by atoms with van der Waals surface area (Å²) in [4.78, 5) is 12.0. The van der Waals surface area contributed by atoms with Crippen LogP contribution in [0.25, 0.3) is 11.1 Å². The summed E-state index contributed by atoms with van der Waals surface area (Å²) in [6.45, 7) is 9.08. The molecule has 5 heteroatoms. The molecule has 0 heterocycles. The van der Waals surface area contributed by atoms with E-state index in [9.17, 15) is 9.90 Å². The molecule has 2 atom stereocenters. The Kier molecular flexibility index (Phi) is 9.03. The topological polar surface area (TPSA) is 67.8 Å². The van der Waals surface area contributed by atoms with Crippen LogP contribution < -0.4 is 5.32 Å². The zero-order valence-corrected chi connectivity index (χ0v) is 23.3. The van der Waals surface area contributed by atoms with E-state index in [-0.39, 0.29) is 24.2 Å². The van der Waals surface area contributed by atoms with Gasteiger partial charge in [-0.2, -0.15) is 0 Å². The molecule has 5 nitrogen and oxygen atoms in total. The highest BCUT2D eigenvalue weighted by atomic mass is 16.5. The van der Waals surface area contributed by atoms with Crippen LogP contribution >= 0.6 is 0 Å². The quantitative estimate of drug-likeness (QED) is 0.304. The van der Waals surface area contributed by atoms with Gasteiger partial charge in [-0.15, -0.1) is 0 Å². The molecule has 3 aromatic rings. The lowest BCUT2D eigenvalue weighted by Crippen LogP contribution is -2.45. The first-order valence-electron chi connectivity index (χ1n) is 13.6. The van der Waals surface area contributed by atoms with Gasteiger partial charge in [0.1, 0.15) is 0 Å². The van der Waals surface area contributed by atoms with E-state index in [1.54, 1.807) is 6.07 Å². The fourth-order valence-corrected chi connectivity index (χ4v) is 5.67. The van der Waals surface area contributed by atoms with Crippen molar-refractivity contribution in [2.24, 2.45) is 5.92 Å². The predicted molar refractivity (Wildman–Crippen MR) is 152 cm³/mol. The second-order valence-corrected chi connectivity index (χ2v) is 11.2. The van der Waals surface area contributed by atoms with Crippen LogP contribution in [0, 0.1) is 12.8 Å². The molecule has 2 N–H and O–H groups in total. The second-order valence-electron chi connectivity index (χ2n) is 11.2. The summed E-state index contributed by atoms with van der Waals surface area (Å²) in [5.41, 5.74) is 7.41. The molecule has 0 fully saturated rings. The number of fused-ring (bicyclic) bond motifs is 1. The lowest BCUT2D eigenvalue weighted by atomic mass is 9.88. The third kappa shape index (κ3) is 6.90. The first-order valence-corrected chi connectivity index (χ1v) is 13.6. The Hall–Kier alpha value is -2.99. The summed E-state index contributed by atoms with van der Waals surface area (Å²) >= 11 is 0. The molecule has 0 saturated heterocycles. The average Bonchev–Trinajstić information content (AvgIpc) is 3.31. The number of carbonyl (C=O) groups is 1. The minimum absolute atomic E-state index is 0.0693. The van der Waals surface area contributed by atoms with E-state index < -0.39 is 6.10 Å². The minimum Gasteiger partial charge on any atom is -0.465 e. The van der Waals surface area contributed by atoms with Crippen molar-refractivity contribution in [2.45, 2.75) is 64.7 Å². The highest BCUT2D eigenvalue weighted by Gasteiger charge is 2.28. The zero-order chi connectivity index (χ0) is 27.3. The highest BCUT2D eigenvalue weighted by molar-refractivity contribution is 5.91. The number of nitrogens with one attached hydrogen (secondary N) is 1. The van der Waals surface area contributed by atoms with Gasteiger partial charge in [-0.25, -0.2) is 4.79 Å².